The van der Waals surface area contributed by atoms with Gasteiger partial charge in [-0.1, -0.05) is 0 Å². The van der Waals surface area contributed by atoms with Gasteiger partial charge < -0.3 is 5.11 Å². The largest absolute Gasteiger partial charge is 0.505 e. The van der Waals surface area contributed by atoms with Crippen molar-refractivity contribution in [3.05, 3.63) is 36.2 Å². The first-order valence-electron chi connectivity index (χ1n) is 5.32. The van der Waals surface area contributed by atoms with Gasteiger partial charge in [-0.2, -0.15) is 13.6 Å². The molecule has 102 valence electrons. The minimum atomic E-state index is -3.58. The predicted octanol–water partition coefficient (Wildman–Crippen LogP) is 1.73. The highest BCUT2D eigenvalue weighted by Crippen LogP contribution is 2.28. The number of benzene rings is 1. The second-order valence-electron chi connectivity index (χ2n) is 3.76. The zero-order valence-corrected chi connectivity index (χ0v) is 10.7. The van der Waals surface area contributed by atoms with E-state index in [4.69, 9.17) is 5.11 Å². The molecule has 2 aromatic rings. The standard InChI is InChI=1S/C11H10F2N2O3S/c1-2-19(17,18)15-6-7(5-14-15)8-3-4-9(16)11(13)10(8)12/h3-6,16H,2H2,1H3. The maximum Gasteiger partial charge on any atom is 0.253 e. The summed E-state index contributed by atoms with van der Waals surface area (Å²) in [6.07, 6.45) is 2.20. The Morgan fingerprint density at radius 1 is 1.32 bits per heavy atom. The van der Waals surface area contributed by atoms with Crippen molar-refractivity contribution < 1.29 is 22.3 Å². The van der Waals surface area contributed by atoms with E-state index in [2.05, 4.69) is 5.10 Å². The zero-order chi connectivity index (χ0) is 14.2. The molecule has 0 radical (unpaired) electrons. The lowest BCUT2D eigenvalue weighted by molar-refractivity contribution is 0.408. The fraction of sp³-hybridized carbons (Fsp3) is 0.182. The lowest BCUT2D eigenvalue weighted by Gasteiger charge is -2.02. The molecule has 0 aliphatic carbocycles. The van der Waals surface area contributed by atoms with E-state index in [1.165, 1.54) is 6.92 Å². The van der Waals surface area contributed by atoms with Gasteiger partial charge in [0.25, 0.3) is 10.0 Å². The molecule has 0 saturated heterocycles. The van der Waals surface area contributed by atoms with E-state index >= 15 is 0 Å². The normalized spacial score (nSPS) is 11.7. The molecular formula is C11H10F2N2O3S. The van der Waals surface area contributed by atoms with Gasteiger partial charge in [0.2, 0.25) is 5.82 Å². The molecule has 0 unspecified atom stereocenters. The summed E-state index contributed by atoms with van der Waals surface area (Å²) in [6, 6.07) is 2.13. The average molecular weight is 288 g/mol. The van der Waals surface area contributed by atoms with Gasteiger partial charge in [0.15, 0.2) is 11.6 Å². The zero-order valence-electron chi connectivity index (χ0n) is 9.84. The van der Waals surface area contributed by atoms with Gasteiger partial charge in [-0.3, -0.25) is 0 Å². The van der Waals surface area contributed by atoms with E-state index in [1.54, 1.807) is 0 Å². The van der Waals surface area contributed by atoms with Crippen LogP contribution in [0.1, 0.15) is 6.92 Å². The summed E-state index contributed by atoms with van der Waals surface area (Å²) in [5, 5.41) is 12.6. The Hall–Kier alpha value is -1.96. The third-order valence-electron chi connectivity index (χ3n) is 2.58. The van der Waals surface area contributed by atoms with E-state index in [0.29, 0.717) is 4.09 Å². The molecule has 0 bridgehead atoms. The molecule has 1 N–H and O–H groups in total. The quantitative estimate of drug-likeness (QED) is 0.933. The summed E-state index contributed by atoms with van der Waals surface area (Å²) in [5.41, 5.74) is -0.0683. The number of hydrogen-bond donors (Lipinski definition) is 1. The molecule has 5 nitrogen and oxygen atoms in total. The maximum atomic E-state index is 13.6. The number of halogens is 2. The SMILES string of the molecule is CCS(=O)(=O)n1cc(-c2ccc(O)c(F)c2F)cn1. The molecule has 0 atom stereocenters. The average Bonchev–Trinajstić information content (AvgIpc) is 2.86. The van der Waals surface area contributed by atoms with Gasteiger partial charge in [-0.15, -0.1) is 0 Å². The van der Waals surface area contributed by atoms with Crippen molar-refractivity contribution in [1.82, 2.24) is 9.19 Å². The van der Waals surface area contributed by atoms with Crippen LogP contribution in [0.3, 0.4) is 0 Å². The first kappa shape index (κ1) is 13.5. The number of nitrogens with zero attached hydrogens (tertiary/aromatic N) is 2. The third kappa shape index (κ3) is 2.30. The molecule has 19 heavy (non-hydrogen) atoms. The lowest BCUT2D eigenvalue weighted by atomic mass is 10.1. The first-order chi connectivity index (χ1) is 8.86. The topological polar surface area (TPSA) is 72.2 Å². The molecule has 0 amide bonds. The summed E-state index contributed by atoms with van der Waals surface area (Å²) in [7, 11) is -3.58. The Kier molecular flexibility index (Phi) is 3.27. The third-order valence-corrected chi connectivity index (χ3v) is 4.08. The van der Waals surface area contributed by atoms with Gasteiger partial charge in [-0.05, 0) is 19.1 Å². The van der Waals surface area contributed by atoms with Crippen molar-refractivity contribution in [3.63, 3.8) is 0 Å². The molecule has 0 spiro atoms. The van der Waals surface area contributed by atoms with Crippen LogP contribution in [0.2, 0.25) is 0 Å². The lowest BCUT2D eigenvalue weighted by Crippen LogP contribution is -2.14. The van der Waals surface area contributed by atoms with E-state index in [0.717, 1.165) is 24.5 Å². The molecule has 1 aromatic carbocycles. The van der Waals surface area contributed by atoms with Crippen molar-refractivity contribution in [3.8, 4) is 16.9 Å². The molecule has 1 aromatic heterocycles. The molecule has 0 aliphatic rings. The fourth-order valence-electron chi connectivity index (χ4n) is 1.49. The number of hydrogen-bond acceptors (Lipinski definition) is 4. The van der Waals surface area contributed by atoms with Gasteiger partial charge in [0, 0.05) is 11.1 Å². The van der Waals surface area contributed by atoms with Crippen molar-refractivity contribution >= 4 is 10.0 Å². The Labute approximate surface area is 108 Å². The number of aromatic hydroxyl groups is 1. The van der Waals surface area contributed by atoms with Gasteiger partial charge >= 0.3 is 0 Å². The van der Waals surface area contributed by atoms with Crippen molar-refractivity contribution in [2.45, 2.75) is 6.92 Å². The van der Waals surface area contributed by atoms with Crippen LogP contribution in [0.5, 0.6) is 5.75 Å². The highest BCUT2D eigenvalue weighted by atomic mass is 32.2. The molecule has 0 fully saturated rings. The van der Waals surface area contributed by atoms with Crippen LogP contribution >= 0.6 is 0 Å². The predicted molar refractivity (Wildman–Crippen MR) is 64.1 cm³/mol. The minimum absolute atomic E-state index is 0.105. The van der Waals surface area contributed by atoms with E-state index in [-0.39, 0.29) is 16.9 Å². The minimum Gasteiger partial charge on any atom is -0.505 e. The van der Waals surface area contributed by atoms with Crippen LogP contribution in [0.4, 0.5) is 8.78 Å². The molecular weight excluding hydrogens is 278 g/mol. The molecule has 8 heteroatoms. The first-order valence-corrected chi connectivity index (χ1v) is 6.93. The smallest absolute Gasteiger partial charge is 0.253 e. The van der Waals surface area contributed by atoms with Crippen LogP contribution in [0.15, 0.2) is 24.5 Å². The van der Waals surface area contributed by atoms with Gasteiger partial charge in [0.1, 0.15) is 0 Å². The summed E-state index contributed by atoms with van der Waals surface area (Å²) >= 11 is 0. The summed E-state index contributed by atoms with van der Waals surface area (Å²) in [4.78, 5) is 0. The summed E-state index contributed by atoms with van der Waals surface area (Å²) in [6.45, 7) is 1.44. The molecule has 1 heterocycles. The Bertz CT molecular complexity index is 726. The van der Waals surface area contributed by atoms with Gasteiger partial charge in [-0.25, -0.2) is 12.8 Å². The highest BCUT2D eigenvalue weighted by Gasteiger charge is 2.18. The van der Waals surface area contributed by atoms with Crippen LogP contribution < -0.4 is 0 Å². The van der Waals surface area contributed by atoms with E-state index < -0.39 is 27.4 Å². The van der Waals surface area contributed by atoms with Gasteiger partial charge in [0.05, 0.1) is 18.1 Å². The maximum absolute atomic E-state index is 13.6. The Morgan fingerprint density at radius 3 is 2.63 bits per heavy atom. The van der Waals surface area contributed by atoms with Crippen molar-refractivity contribution in [2.24, 2.45) is 0 Å². The highest BCUT2D eigenvalue weighted by molar-refractivity contribution is 7.89. The van der Waals surface area contributed by atoms with E-state index in [1.807, 2.05) is 0 Å². The number of phenols is 1. The van der Waals surface area contributed by atoms with E-state index in [9.17, 15) is 17.2 Å². The van der Waals surface area contributed by atoms with Crippen molar-refractivity contribution in [2.75, 3.05) is 5.75 Å². The van der Waals surface area contributed by atoms with Crippen LogP contribution in [-0.2, 0) is 10.0 Å². The van der Waals surface area contributed by atoms with Crippen LogP contribution in [0.25, 0.3) is 11.1 Å². The Balaban J connectivity index is 2.53. The number of phenolic OH excluding ortho intramolecular Hbond substituents is 1. The second-order valence-corrected chi connectivity index (χ2v) is 5.88. The monoisotopic (exact) mass is 288 g/mol. The Morgan fingerprint density at radius 2 is 2.00 bits per heavy atom. The fourth-order valence-corrected chi connectivity index (χ4v) is 2.22. The number of aromatic nitrogens is 2. The van der Waals surface area contributed by atoms with Crippen molar-refractivity contribution in [1.29, 1.82) is 0 Å². The number of rotatable bonds is 3. The molecule has 0 saturated carbocycles. The molecule has 0 aliphatic heterocycles. The van der Waals surface area contributed by atoms with Crippen LogP contribution in [0, 0.1) is 11.6 Å². The van der Waals surface area contributed by atoms with Crippen LogP contribution in [-0.4, -0.2) is 28.5 Å². The summed E-state index contributed by atoms with van der Waals surface area (Å²) in [5.74, 6) is -3.62. The summed E-state index contributed by atoms with van der Waals surface area (Å²) < 4.78 is 50.6. The molecule has 2 rings (SSSR count). The second kappa shape index (κ2) is 4.61.